The van der Waals surface area contributed by atoms with Crippen LogP contribution in [0.4, 0.5) is 0 Å². The summed E-state index contributed by atoms with van der Waals surface area (Å²) >= 11 is 0. The third-order valence-electron chi connectivity index (χ3n) is 9.26. The molecule has 4 bridgehead atoms. The Morgan fingerprint density at radius 3 is 2.38 bits per heavy atom. The van der Waals surface area contributed by atoms with Gasteiger partial charge in [0.2, 0.25) is 0 Å². The molecular weight excluding hydrogens is 524 g/mol. The van der Waals surface area contributed by atoms with Crippen molar-refractivity contribution in [2.24, 2.45) is 0 Å². The van der Waals surface area contributed by atoms with Crippen molar-refractivity contribution < 1.29 is 208 Å². The summed E-state index contributed by atoms with van der Waals surface area (Å²) in [5.74, 6) is -1.19. The maximum absolute atomic E-state index is 13.8. The molecule has 6 rings (SSSR count). The molecule has 0 fully saturated rings. The lowest BCUT2D eigenvalue weighted by atomic mass is 9.94. The Morgan fingerprint density at radius 1 is 1.05 bits per heavy atom. The Morgan fingerprint density at radius 2 is 1.69 bits per heavy atom. The summed E-state index contributed by atoms with van der Waals surface area (Å²) in [5.41, 5.74) is 5.77. The summed E-state index contributed by atoms with van der Waals surface area (Å²) < 4.78 is 19.7. The number of fused-ring (bicyclic) bond motifs is 12. The van der Waals surface area contributed by atoms with Gasteiger partial charge in [0.25, 0.3) is 11.8 Å². The number of aryl methyl sites for hydroxylation is 2. The molecule has 0 aliphatic carbocycles. The Balaban J connectivity index is -0.00000000133. The van der Waals surface area contributed by atoms with Crippen LogP contribution in [0.25, 0.3) is 33.0 Å². The lowest BCUT2D eigenvalue weighted by Crippen LogP contribution is -2.42. The number of nitrogens with one attached hydrogen (secondary N) is 1. The maximum Gasteiger partial charge on any atom is 0.259 e. The predicted molar refractivity (Wildman–Crippen MR) is 455 cm³/mol. The van der Waals surface area contributed by atoms with Crippen molar-refractivity contribution in [2.75, 3.05) is 13.6 Å². The average molecular weight is 840 g/mol. The van der Waals surface area contributed by atoms with E-state index >= 15 is 0 Å². The van der Waals surface area contributed by atoms with Crippen LogP contribution >= 0.6 is 0 Å². The Bertz CT molecular complexity index is 1940. The second-order valence-electron chi connectivity index (χ2n) is 13.2. The van der Waals surface area contributed by atoms with Gasteiger partial charge in [-0.25, -0.2) is 0 Å². The van der Waals surface area contributed by atoms with E-state index in [1.807, 2.05) is 30.6 Å². The quantitative estimate of drug-likeness (QED) is 0.209. The van der Waals surface area contributed by atoms with Crippen molar-refractivity contribution >= 4 is 44.8 Å². The molecule has 0 spiro atoms. The summed E-state index contributed by atoms with van der Waals surface area (Å²) in [7, 11) is 2.14. The lowest BCUT2D eigenvalue weighted by Gasteiger charge is -2.36. The van der Waals surface area contributed by atoms with Gasteiger partial charge in [-0.1, -0.05) is 18.2 Å². The number of likely N-dealkylation sites (N-methyl/N-ethyl adjacent to an activating group) is 1. The Labute approximate surface area is 450 Å². The smallest absolute Gasteiger partial charge is 0.259 e. The number of hydrogen-bond acceptors (Lipinski definition) is 4. The van der Waals surface area contributed by atoms with Crippen LogP contribution in [0.5, 0.6) is 0 Å². The number of aromatic nitrogens is 2. The topological polar surface area (TPSA) is 68.5 Å². The third kappa shape index (κ3) is 4.69. The molecule has 4 heterocycles. The molecule has 7 heteroatoms. The number of rotatable bonds is 3. The molecular formula is C35H312N4O3. The minimum atomic E-state index is -0.596. The molecule has 2 atom stereocenters. The number of imide groups is 1. The van der Waals surface area contributed by atoms with Crippen LogP contribution in [0.1, 0.15) is 256 Å². The zero-order valence-electron chi connectivity index (χ0n) is 27.0. The normalized spacial score (nSPS) is 21.6. The van der Waals surface area contributed by atoms with E-state index in [0.717, 1.165) is 45.9 Å². The highest BCUT2D eigenvalue weighted by molar-refractivity contribution is 6.50. The predicted octanol–water partition coefficient (Wildman–Crippen LogP) is 39.2. The molecule has 2 aliphatic heterocycles. The SMILES string of the molecule is [2H]N1C(=O)C2=C(C1=O)c1cn(c3ccccc13)C(C)(C)C[C@@H](CN(C)C(C)C)OC(C)Cn1cc2c2cc(C)c(C)cc21.[HH].[HH].[HH].[HH].[HH].[HH].[HH].[HH].[HH].[HH].[HH].[HH].[HH].[HH].[HH].[HH].[HH].[HH].[HH].[HH].[HH].[HH].[HH].[HH].[HH].[HH].[HH].[HH].[HH].[HH].[HH].[HH].[HH].[HH].[HH].[HH].[HH].[HH].[HH].[HH].[HH].[HH].[HH].[HH].[HH].[HH].[HH].[HH].[HH].[HH].[HH].[HH].[HH].[HH].[HH].[HH].[HH].[HH].[HH].[HH].[HH].[HH].[HH].[HH].[HH].[HH].[HH].[HH].[HH].[HH].[HH].[HH].[HH].[HH].[HH].[HH].[HH].[HH].[HH].[HH].[HH].[HH].[HH].[HH].[HH].[HH].[HH].[HH].[HH].[HH].[HH].[HH].[HH].[HH].[HH].[HH].[HH].[HH].[HH].[HH].[HH].[HH].[HH].[HH].[HH].[HH].[HH].[HH].[HH].[HH].[HH].[HH].[HH].[HH].[HH].[HH].[HH].[HH].[HH].[HH].[HH].[HH].[HH].[HH].[HH].[HH].[HH].[HH].[HH].[HH].[HH].[HH].[HH].[HH].[HH]. The fourth-order valence-electron chi connectivity index (χ4n) is 6.69. The van der Waals surface area contributed by atoms with Crippen LogP contribution < -0.4 is 5.31 Å². The molecule has 1 N–H and O–H groups in total. The van der Waals surface area contributed by atoms with E-state index < -0.39 is 11.8 Å². The molecule has 42 heavy (non-hydrogen) atoms. The summed E-state index contributed by atoms with van der Waals surface area (Å²) in [6.45, 7) is 16.4. The summed E-state index contributed by atoms with van der Waals surface area (Å²) in [6, 6.07) is 12.7. The zero-order chi connectivity index (χ0) is 31.0. The maximum atomic E-state index is 13.8. The minimum Gasteiger partial charge on any atom is -0.372 e. The van der Waals surface area contributed by atoms with Gasteiger partial charge >= 0.3 is 0 Å². The van der Waals surface area contributed by atoms with Crippen LogP contribution in [-0.4, -0.2) is 57.7 Å². The number of ether oxygens (including phenoxy) is 1. The van der Waals surface area contributed by atoms with Crippen LogP contribution in [0.2, 0.25) is 1.41 Å². The fraction of sp³-hybridized carbons (Fsp3) is 0.429. The first-order valence-electron chi connectivity index (χ1n) is 15.4. The van der Waals surface area contributed by atoms with Crippen molar-refractivity contribution in [3.63, 3.8) is 0 Å². The van der Waals surface area contributed by atoms with Gasteiger partial charge in [-0.05, 0) is 91.3 Å². The van der Waals surface area contributed by atoms with Crippen molar-refractivity contribution in [3.8, 4) is 0 Å². The first kappa shape index (κ1) is 27.2. The average Bonchev–Trinajstić information content (AvgIpc) is 3.55. The molecule has 2 amide bonds. The molecule has 4 aromatic rings. The van der Waals surface area contributed by atoms with E-state index in [1.165, 1.54) is 0 Å². The van der Waals surface area contributed by atoms with Gasteiger partial charge in [-0.3, -0.25) is 14.9 Å². The number of carbonyl (C=O) groups is 2. The van der Waals surface area contributed by atoms with Gasteiger partial charge in [0.15, 0.2) is 1.41 Å². The van der Waals surface area contributed by atoms with Gasteiger partial charge in [0.05, 0.1) is 23.4 Å². The highest BCUT2D eigenvalue weighted by Gasteiger charge is 2.37. The number of carbonyl (C=O) groups excluding carboxylic acids is 2. The molecule has 0 saturated heterocycles. The van der Waals surface area contributed by atoms with Gasteiger partial charge in [0, 0.05) is 263 Å². The molecule has 0 radical (unpaired) electrons. The second-order valence-corrected chi connectivity index (χ2v) is 13.2. The van der Waals surface area contributed by atoms with Gasteiger partial charge in [-0.2, -0.15) is 0 Å². The Kier molecular flexibility index (Phi) is 6.63. The van der Waals surface area contributed by atoms with E-state index in [9.17, 15) is 9.59 Å². The fourth-order valence-corrected chi connectivity index (χ4v) is 6.69. The molecule has 1 unspecified atom stereocenters. The van der Waals surface area contributed by atoms with Crippen molar-refractivity contribution in [2.45, 2.75) is 85.2 Å². The zero-order valence-corrected chi connectivity index (χ0v) is 26.0. The highest BCUT2D eigenvalue weighted by atomic mass is 16.5. The van der Waals surface area contributed by atoms with Crippen molar-refractivity contribution in [3.05, 3.63) is 71.0 Å². The van der Waals surface area contributed by atoms with E-state index in [0.29, 0.717) is 34.6 Å². The van der Waals surface area contributed by atoms with Crippen LogP contribution in [0.3, 0.4) is 0 Å². The van der Waals surface area contributed by atoms with Crippen molar-refractivity contribution in [1.82, 2.24) is 19.3 Å². The van der Waals surface area contributed by atoms with Crippen molar-refractivity contribution in [1.29, 1.82) is 0 Å². The Hall–Kier alpha value is -3.68. The van der Waals surface area contributed by atoms with Gasteiger partial charge in [-0.15, -0.1) is 0 Å². The number of nitrogens with zero attached hydrogens (tertiary/aromatic N) is 3. The monoisotopic (exact) mass is 839 g/mol. The first-order chi connectivity index (χ1) is 20.3. The van der Waals surface area contributed by atoms with Gasteiger partial charge < -0.3 is 18.8 Å². The van der Waals surface area contributed by atoms with Crippen LogP contribution in [0, 0.1) is 13.8 Å². The first-order valence-corrected chi connectivity index (χ1v) is 15.0. The molecule has 2 aromatic carbocycles. The summed E-state index contributed by atoms with van der Waals surface area (Å²) in [4.78, 5) is 29.9. The van der Waals surface area contributed by atoms with Crippen LogP contribution in [-0.2, 0) is 26.4 Å². The molecule has 490 valence electrons. The number of benzene rings is 2. The standard InChI is InChI=1S/C35H42N4O3.135H2/c1-20(2)37(8)17-24-15-35(6,7)39-19-28(25-11-9-10-12-29(25)39)32-31(33(40)36-34(32)41)27-18-38(16-23(5)42-24)30-14-22(4)21(3)13-26(27)30;;;;;;;;;;;;;;;;;;;;;;;;;;;;;;;;;;;;;;;;;;;;;;;;;;;;;;;;;;;;;;;;;;;;;;;;;;;;;;;;;;;;;;;;;;;;;;;;;;;;;;;;;;;;;;;;;;;;;;;;;;;;;;;;;;;;;;;/h9-14,18-20,23-24H,15-17H2,1-8H3,(H,36,40,41);135*1H/t23?,24-;;;;;;;;;;;;;;;;;;;;;;;;;;;;;;;;;;;;;;;;;;;;;;;;;;;;;;;;;;;;;;;;;;;;;;;;;;;;;;;;;;;;;;;;;;;;;;;;;;;;;;;;;;;;;;;;;;;;;;;;;;;;;;;;;;;;;;;/m0......................................................................................................................................./s1/i/hD. The minimum absolute atomic E-state index is 0. The number of hydrogen-bond donors (Lipinski definition) is 1. The molecule has 7 nitrogen and oxygen atoms in total. The summed E-state index contributed by atoms with van der Waals surface area (Å²) in [6.07, 6.45) is 4.56. The van der Waals surface area contributed by atoms with Crippen LogP contribution in [0.15, 0.2) is 48.8 Å². The lowest BCUT2D eigenvalue weighted by molar-refractivity contribution is -0.122. The number of amides is 2. The van der Waals surface area contributed by atoms with Gasteiger partial charge in [0.1, 0.15) is 0 Å². The van der Waals surface area contributed by atoms with E-state index in [2.05, 4.69) is 87.7 Å². The second kappa shape index (κ2) is 10.2. The largest absolute Gasteiger partial charge is 0.372 e. The van der Waals surface area contributed by atoms with E-state index in [1.54, 1.807) is 0 Å². The van der Waals surface area contributed by atoms with E-state index in [-0.39, 0.29) is 216 Å². The molecule has 2 aliphatic rings. The molecule has 2 aromatic heterocycles. The molecule has 0 saturated carbocycles. The summed E-state index contributed by atoms with van der Waals surface area (Å²) in [5, 5.41) is 2.30. The van der Waals surface area contributed by atoms with E-state index in [4.69, 9.17) is 6.15 Å². The third-order valence-corrected chi connectivity index (χ3v) is 9.26. The highest BCUT2D eigenvalue weighted by Crippen LogP contribution is 2.41. The number of para-hydroxylation sites is 1.